The van der Waals surface area contributed by atoms with E-state index in [4.69, 9.17) is 0 Å². The van der Waals surface area contributed by atoms with Crippen molar-refractivity contribution in [3.63, 3.8) is 0 Å². The van der Waals surface area contributed by atoms with Crippen LogP contribution in [-0.4, -0.2) is 17.0 Å². The molecule has 1 heterocycles. The first-order chi connectivity index (χ1) is 9.74. The molecule has 2 heteroatoms. The number of hydrogen-bond donors (Lipinski definition) is 1. The Kier molecular flexibility index (Phi) is 4.42. The third kappa shape index (κ3) is 2.65. The molecule has 0 amide bonds. The Hall–Kier alpha value is -0.470. The second kappa shape index (κ2) is 6.11. The lowest BCUT2D eigenvalue weighted by molar-refractivity contribution is 0.390. The minimum atomic E-state index is 0.371. The van der Waals surface area contributed by atoms with Crippen LogP contribution < -0.4 is 5.32 Å². The summed E-state index contributed by atoms with van der Waals surface area (Å²) in [5.74, 6) is 2.15. The third-order valence-corrected chi connectivity index (χ3v) is 6.71. The Labute approximate surface area is 127 Å². The zero-order valence-electron chi connectivity index (χ0n) is 12.8. The molecule has 3 rings (SSSR count). The van der Waals surface area contributed by atoms with Crippen molar-refractivity contribution in [2.75, 3.05) is 12.3 Å². The summed E-state index contributed by atoms with van der Waals surface area (Å²) in [6, 6.07) is 9.73. The van der Waals surface area contributed by atoms with Gasteiger partial charge in [0.25, 0.3) is 0 Å². The van der Waals surface area contributed by atoms with E-state index in [0.717, 1.165) is 12.5 Å². The lowest BCUT2D eigenvalue weighted by Gasteiger charge is -2.38. The van der Waals surface area contributed by atoms with Crippen LogP contribution in [0.4, 0.5) is 0 Å². The van der Waals surface area contributed by atoms with Gasteiger partial charge in [0.05, 0.1) is 0 Å². The molecule has 1 N–H and O–H groups in total. The van der Waals surface area contributed by atoms with Gasteiger partial charge in [0.15, 0.2) is 0 Å². The summed E-state index contributed by atoms with van der Waals surface area (Å²) in [5.41, 5.74) is 3.20. The fraction of sp³-hybridized carbons (Fsp3) is 0.667. The molecule has 1 aromatic rings. The molecular weight excluding hydrogens is 262 g/mol. The van der Waals surface area contributed by atoms with Gasteiger partial charge in [0, 0.05) is 10.8 Å². The predicted molar refractivity (Wildman–Crippen MR) is 89.5 cm³/mol. The SMILES string of the molecule is CCNC(c1ccccc1C1CCC1)C1(C)CCCS1. The molecule has 1 nitrogen and oxygen atoms in total. The number of rotatable bonds is 5. The second-order valence-corrected chi connectivity index (χ2v) is 8.14. The Balaban J connectivity index is 1.94. The third-order valence-electron chi connectivity index (χ3n) is 5.12. The minimum Gasteiger partial charge on any atom is -0.309 e. The number of hydrogen-bond acceptors (Lipinski definition) is 2. The van der Waals surface area contributed by atoms with Crippen molar-refractivity contribution in [1.82, 2.24) is 5.32 Å². The van der Waals surface area contributed by atoms with E-state index in [2.05, 4.69) is 55.2 Å². The molecular formula is C18H27NS. The molecule has 0 aromatic heterocycles. The highest BCUT2D eigenvalue weighted by molar-refractivity contribution is 8.00. The molecule has 2 unspecified atom stereocenters. The van der Waals surface area contributed by atoms with Crippen LogP contribution in [0.1, 0.15) is 69.0 Å². The highest BCUT2D eigenvalue weighted by atomic mass is 32.2. The fourth-order valence-corrected chi connectivity index (χ4v) is 5.17. The van der Waals surface area contributed by atoms with E-state index in [9.17, 15) is 0 Å². The van der Waals surface area contributed by atoms with Gasteiger partial charge >= 0.3 is 0 Å². The zero-order chi connectivity index (χ0) is 14.0. The van der Waals surface area contributed by atoms with E-state index in [0.29, 0.717) is 10.8 Å². The van der Waals surface area contributed by atoms with Crippen molar-refractivity contribution < 1.29 is 0 Å². The fourth-order valence-electron chi connectivity index (χ4n) is 3.75. The van der Waals surface area contributed by atoms with Gasteiger partial charge in [-0.3, -0.25) is 0 Å². The summed E-state index contributed by atoms with van der Waals surface area (Å²) in [6.45, 7) is 5.76. The lowest BCUT2D eigenvalue weighted by Crippen LogP contribution is -2.38. The molecule has 1 saturated heterocycles. The molecule has 110 valence electrons. The predicted octanol–water partition coefficient (Wildman–Crippen LogP) is 4.89. The minimum absolute atomic E-state index is 0.371. The molecule has 2 atom stereocenters. The summed E-state index contributed by atoms with van der Waals surface area (Å²) >= 11 is 2.17. The molecule has 1 aliphatic heterocycles. The van der Waals surface area contributed by atoms with Gasteiger partial charge in [-0.2, -0.15) is 11.8 Å². The van der Waals surface area contributed by atoms with Crippen molar-refractivity contribution in [2.24, 2.45) is 0 Å². The molecule has 1 saturated carbocycles. The van der Waals surface area contributed by atoms with Crippen LogP contribution in [0, 0.1) is 0 Å². The van der Waals surface area contributed by atoms with E-state index in [-0.39, 0.29) is 0 Å². The Morgan fingerprint density at radius 2 is 2.10 bits per heavy atom. The van der Waals surface area contributed by atoms with Crippen molar-refractivity contribution >= 4 is 11.8 Å². The highest BCUT2D eigenvalue weighted by Gasteiger charge is 2.40. The first-order valence-corrected chi connectivity index (χ1v) is 9.19. The van der Waals surface area contributed by atoms with Gasteiger partial charge in [-0.05, 0) is 61.9 Å². The summed E-state index contributed by atoms with van der Waals surface area (Å²) in [6.07, 6.45) is 6.90. The first-order valence-electron chi connectivity index (χ1n) is 8.21. The number of thioether (sulfide) groups is 1. The maximum atomic E-state index is 3.80. The van der Waals surface area contributed by atoms with Crippen LogP contribution >= 0.6 is 11.8 Å². The molecule has 1 aliphatic carbocycles. The maximum Gasteiger partial charge on any atom is 0.0469 e. The van der Waals surface area contributed by atoms with Gasteiger partial charge < -0.3 is 5.32 Å². The Morgan fingerprint density at radius 1 is 1.30 bits per heavy atom. The Morgan fingerprint density at radius 3 is 2.70 bits per heavy atom. The molecule has 2 aliphatic rings. The van der Waals surface area contributed by atoms with E-state index in [1.54, 1.807) is 11.1 Å². The largest absolute Gasteiger partial charge is 0.309 e. The Bertz CT molecular complexity index is 446. The van der Waals surface area contributed by atoms with E-state index in [1.807, 2.05) is 0 Å². The van der Waals surface area contributed by atoms with Crippen molar-refractivity contribution in [3.05, 3.63) is 35.4 Å². The molecule has 1 aromatic carbocycles. The van der Waals surface area contributed by atoms with Crippen LogP contribution in [0.2, 0.25) is 0 Å². The zero-order valence-corrected chi connectivity index (χ0v) is 13.6. The van der Waals surface area contributed by atoms with Gasteiger partial charge in [0.2, 0.25) is 0 Å². The normalized spacial score (nSPS) is 28.3. The van der Waals surface area contributed by atoms with Crippen LogP contribution in [0.3, 0.4) is 0 Å². The molecule has 0 radical (unpaired) electrons. The maximum absolute atomic E-state index is 3.80. The van der Waals surface area contributed by atoms with Crippen LogP contribution in [-0.2, 0) is 0 Å². The van der Waals surface area contributed by atoms with E-state index < -0.39 is 0 Å². The second-order valence-electron chi connectivity index (χ2n) is 6.51. The van der Waals surface area contributed by atoms with Crippen LogP contribution in [0.15, 0.2) is 24.3 Å². The van der Waals surface area contributed by atoms with Crippen LogP contribution in [0.5, 0.6) is 0 Å². The van der Waals surface area contributed by atoms with Gasteiger partial charge in [-0.15, -0.1) is 0 Å². The van der Waals surface area contributed by atoms with Crippen molar-refractivity contribution in [1.29, 1.82) is 0 Å². The lowest BCUT2D eigenvalue weighted by atomic mass is 9.75. The monoisotopic (exact) mass is 289 g/mol. The topological polar surface area (TPSA) is 12.0 Å². The summed E-state index contributed by atoms with van der Waals surface area (Å²) in [5, 5.41) is 3.80. The average Bonchev–Trinajstić information content (AvgIpc) is 2.83. The quantitative estimate of drug-likeness (QED) is 0.828. The van der Waals surface area contributed by atoms with Crippen molar-refractivity contribution in [3.8, 4) is 0 Å². The highest BCUT2D eigenvalue weighted by Crippen LogP contribution is 2.49. The standard InChI is InChI=1S/C18H27NS/c1-3-19-17(18(2)12-7-13-20-18)16-11-5-4-10-15(16)14-8-6-9-14/h4-5,10-11,14,17,19H,3,6-9,12-13H2,1-2H3. The molecule has 20 heavy (non-hydrogen) atoms. The smallest absolute Gasteiger partial charge is 0.0469 e. The summed E-state index contributed by atoms with van der Waals surface area (Å²) in [7, 11) is 0. The summed E-state index contributed by atoms with van der Waals surface area (Å²) < 4.78 is 0.371. The van der Waals surface area contributed by atoms with Gasteiger partial charge in [-0.1, -0.05) is 37.6 Å². The number of nitrogens with one attached hydrogen (secondary N) is 1. The summed E-state index contributed by atoms with van der Waals surface area (Å²) in [4.78, 5) is 0. The van der Waals surface area contributed by atoms with E-state index in [1.165, 1.54) is 37.9 Å². The van der Waals surface area contributed by atoms with E-state index >= 15 is 0 Å². The average molecular weight is 289 g/mol. The van der Waals surface area contributed by atoms with Gasteiger partial charge in [-0.25, -0.2) is 0 Å². The molecule has 0 spiro atoms. The molecule has 0 bridgehead atoms. The first kappa shape index (κ1) is 14.5. The van der Waals surface area contributed by atoms with Crippen LogP contribution in [0.25, 0.3) is 0 Å². The molecule has 2 fully saturated rings. The number of benzene rings is 1. The van der Waals surface area contributed by atoms with Crippen molar-refractivity contribution in [2.45, 2.75) is 62.7 Å². The van der Waals surface area contributed by atoms with Gasteiger partial charge in [0.1, 0.15) is 0 Å².